The van der Waals surface area contributed by atoms with Crippen LogP contribution in [0.25, 0.3) is 22.3 Å². The van der Waals surface area contributed by atoms with Gasteiger partial charge in [0.2, 0.25) is 25.4 Å². The quantitative estimate of drug-likeness (QED) is 0.0145. The lowest BCUT2D eigenvalue weighted by Gasteiger charge is -2.60. The molecule has 0 spiro atoms. The highest BCUT2D eigenvalue weighted by Gasteiger charge is 2.60. The number of piperazine rings is 2. The average Bonchev–Trinajstić information content (AvgIpc) is 1.38. The number of benzene rings is 8. The molecule has 8 aromatic rings. The summed E-state index contributed by atoms with van der Waals surface area (Å²) >= 11 is 3.19. The topological polar surface area (TPSA) is 336 Å². The van der Waals surface area contributed by atoms with Crippen LogP contribution in [0.3, 0.4) is 0 Å². The zero-order chi connectivity index (χ0) is 98.2. The number of phenols is 1. The van der Waals surface area contributed by atoms with Crippen LogP contribution in [0.1, 0.15) is 167 Å². The van der Waals surface area contributed by atoms with E-state index in [0.29, 0.717) is 132 Å². The van der Waals surface area contributed by atoms with Gasteiger partial charge < -0.3 is 97.4 Å². The molecule has 8 aromatic carbocycles. The lowest BCUT2D eigenvalue weighted by Crippen LogP contribution is -2.69. The van der Waals surface area contributed by atoms with Crippen molar-refractivity contribution in [1.29, 1.82) is 10.5 Å². The molecular weight excluding hydrogens is 1810 g/mol. The van der Waals surface area contributed by atoms with E-state index < -0.39 is 71.6 Å². The Kier molecular flexibility index (Phi) is 29.9. The first-order valence-electron chi connectivity index (χ1n) is 47.5. The first-order chi connectivity index (χ1) is 67.0. The van der Waals surface area contributed by atoms with Crippen molar-refractivity contribution in [2.75, 3.05) is 139 Å². The summed E-state index contributed by atoms with van der Waals surface area (Å²) in [5.74, 6) is 6.43. The number of phenolic OH excluding ortho intramolecular Hbond substituents is 1. The van der Waals surface area contributed by atoms with E-state index in [4.69, 9.17) is 71.1 Å². The minimum Gasteiger partial charge on any atom is -0.507 e. The summed E-state index contributed by atoms with van der Waals surface area (Å²) in [6, 6.07) is 37.0. The van der Waals surface area contributed by atoms with Crippen LogP contribution >= 0.6 is 23.5 Å². The van der Waals surface area contributed by atoms with Crippen LogP contribution in [0.5, 0.6) is 57.5 Å². The van der Waals surface area contributed by atoms with Crippen LogP contribution in [0.2, 0.25) is 0 Å². The highest BCUT2D eigenvalue weighted by molar-refractivity contribution is 7.99. The lowest BCUT2D eigenvalue weighted by molar-refractivity contribution is -0.124. The van der Waals surface area contributed by atoms with Gasteiger partial charge in [0.05, 0.1) is 77.0 Å². The molecule has 8 aliphatic heterocycles. The fraction of sp³-hybridized carbons (Fsp3) is 0.477. The van der Waals surface area contributed by atoms with Crippen molar-refractivity contribution in [3.8, 4) is 91.9 Å². The summed E-state index contributed by atoms with van der Waals surface area (Å²) in [5.41, 5.74) is 18.4. The average molecular weight is 1940 g/mol. The number of likely N-dealkylation sites (N-methyl/N-ethyl adjacent to an activating group) is 2. The molecule has 2 fully saturated rings. The molecule has 0 aromatic heterocycles. The minimum absolute atomic E-state index is 0.000417. The van der Waals surface area contributed by atoms with Gasteiger partial charge in [0, 0.05) is 131 Å². The molecule has 10 aliphatic rings. The summed E-state index contributed by atoms with van der Waals surface area (Å²) in [6.07, 6.45) is 2.19. The van der Waals surface area contributed by atoms with E-state index in [1.54, 1.807) is 107 Å². The van der Waals surface area contributed by atoms with Gasteiger partial charge in [-0.2, -0.15) is 34.0 Å². The predicted molar refractivity (Wildman–Crippen MR) is 527 cm³/mol. The van der Waals surface area contributed by atoms with Crippen LogP contribution in [-0.4, -0.2) is 247 Å². The van der Waals surface area contributed by atoms with E-state index in [9.17, 15) is 34.8 Å². The van der Waals surface area contributed by atoms with Crippen molar-refractivity contribution in [1.82, 2.24) is 40.9 Å². The zero-order valence-corrected chi connectivity index (χ0v) is 83.5. The van der Waals surface area contributed by atoms with Gasteiger partial charge in [-0.15, -0.1) is 0 Å². The summed E-state index contributed by atoms with van der Waals surface area (Å²) in [7, 11) is 10.6. The summed E-state index contributed by atoms with van der Waals surface area (Å²) in [4.78, 5) is 65.7. The highest BCUT2D eigenvalue weighted by atomic mass is 32.2. The molecular formula is C107H126N10O20S2. The van der Waals surface area contributed by atoms with E-state index in [1.165, 1.54) is 44.5 Å². The third kappa shape index (κ3) is 19.3. The predicted octanol–water partition coefficient (Wildman–Crippen LogP) is 15.0. The van der Waals surface area contributed by atoms with Gasteiger partial charge in [-0.05, 0) is 176 Å². The summed E-state index contributed by atoms with van der Waals surface area (Å²) in [5, 5.41) is 47.1. The van der Waals surface area contributed by atoms with Crippen molar-refractivity contribution in [2.45, 2.75) is 190 Å². The molecule has 4 bridgehead atoms. The van der Waals surface area contributed by atoms with Crippen molar-refractivity contribution >= 4 is 47.5 Å². The largest absolute Gasteiger partial charge is 0.507 e. The Morgan fingerprint density at radius 2 is 0.899 bits per heavy atom. The number of aromatic hydroxyl groups is 1. The molecule has 2 unspecified atom stereocenters. The van der Waals surface area contributed by atoms with Gasteiger partial charge in [0.15, 0.2) is 59.6 Å². The Morgan fingerprint density at radius 1 is 0.511 bits per heavy atom. The molecule has 2 aliphatic carbocycles. The number of hydrogen-bond acceptors (Lipinski definition) is 28. The van der Waals surface area contributed by atoms with Crippen LogP contribution in [0.4, 0.5) is 9.59 Å². The van der Waals surface area contributed by atoms with Gasteiger partial charge in [0.1, 0.15) is 53.5 Å². The first kappa shape index (κ1) is 98.9. The lowest BCUT2D eigenvalue weighted by atomic mass is 9.71. The fourth-order valence-electron chi connectivity index (χ4n) is 22.6. The Balaban J connectivity index is 0.000000192. The molecule has 30 nitrogen and oxygen atoms in total. The highest BCUT2D eigenvalue weighted by Crippen LogP contribution is 2.62. The first-order valence-corrected chi connectivity index (χ1v) is 49.8. The molecule has 18 rings (SSSR count). The number of thioether (sulfide) groups is 2. The monoisotopic (exact) mass is 1930 g/mol. The van der Waals surface area contributed by atoms with Gasteiger partial charge in [-0.25, -0.2) is 9.59 Å². The van der Waals surface area contributed by atoms with Gasteiger partial charge >= 0.3 is 12.2 Å². The molecule has 736 valence electrons. The molecule has 4 amide bonds. The van der Waals surface area contributed by atoms with E-state index in [0.717, 1.165) is 50.1 Å². The van der Waals surface area contributed by atoms with Crippen LogP contribution in [0.15, 0.2) is 122 Å². The van der Waals surface area contributed by atoms with Crippen LogP contribution in [-0.2, 0) is 63.7 Å². The van der Waals surface area contributed by atoms with E-state index >= 15 is 0 Å². The second-order valence-corrected chi connectivity index (χ2v) is 41.0. The molecule has 0 saturated carbocycles. The standard InChI is InChI=1S/C55H65N5O10S.C52H61N5O10S/c1-10-19-66-49-32(3)50-52(69-30-68-50)46-38(49)24-42-47-45-33(22-31(2)48(64-9)51(45)67-29-65-21-20-63-8)23-41(59(47)7)43(25-56)60(42)44(46)26-57-53(61)40(58-54(62)70-55(4,5)6)28-71-27-39-36-17-13-11-15-34(36)35-16-12-14-18-37(35)39;1-28-19-30-20-38-40(22-53)57-39(44(56(38)6)42(30)48(46(28)62-8)64-26-63-18-17-61-7)21-35-43(49-47(65-27-66-49)29(2)45(35)58)41(57)23-54-50(59)37(55-51(60)67-52(3,4)5)25-68-24-36-33-15-11-9-13-31(33)32-14-10-12-16-34(32)36/h10-18,22,39-44,47H,1,19-21,23-24,26-30H2,2-9H3,(H,57,61)(H,58,62);9-16,19,36-41,44,58H,17-18,20-21,23-27H2,1-8H3,(H,54,59)(H,55,60)/t40-,41-,42?,43-,44-,47-;37-,38-,39?,40-,41-,44-/m00/s1. The summed E-state index contributed by atoms with van der Waals surface area (Å²) in [6.45, 7) is 24.1. The number of nitriles is 2. The number of alkyl carbamates (subject to hydrolysis) is 2. The Hall–Kier alpha value is -11.7. The van der Waals surface area contributed by atoms with Crippen LogP contribution in [0, 0.1) is 50.4 Å². The van der Waals surface area contributed by atoms with Gasteiger partial charge in [-0.3, -0.25) is 29.2 Å². The van der Waals surface area contributed by atoms with E-state index in [1.807, 2.05) is 27.8 Å². The Morgan fingerprint density at radius 3 is 1.29 bits per heavy atom. The van der Waals surface area contributed by atoms with Crippen LogP contribution < -0.4 is 63.9 Å². The number of fused-ring (bicyclic) bond motifs is 24. The zero-order valence-electron chi connectivity index (χ0n) is 81.9. The van der Waals surface area contributed by atoms with Gasteiger partial charge in [0.25, 0.3) is 0 Å². The maximum atomic E-state index is 14.9. The second kappa shape index (κ2) is 42.0. The maximum Gasteiger partial charge on any atom is 0.408 e. The van der Waals surface area contributed by atoms with Crippen molar-refractivity contribution in [3.63, 3.8) is 0 Å². The number of nitrogens with one attached hydrogen (secondary N) is 4. The number of ether oxygens (including phenoxy) is 15. The number of carbonyl (C=O) groups excluding carboxylic acids is 4. The number of nitrogens with zero attached hydrogens (tertiary/aromatic N) is 6. The number of carbonyl (C=O) groups is 4. The van der Waals surface area contributed by atoms with E-state index in [-0.39, 0.29) is 112 Å². The number of hydrogen-bond donors (Lipinski definition) is 5. The molecule has 2 saturated heterocycles. The second-order valence-electron chi connectivity index (χ2n) is 38.8. The van der Waals surface area contributed by atoms with Crippen molar-refractivity contribution in [2.24, 2.45) is 0 Å². The SMILES string of the molecule is C=CCOc1c(C)c2c(c3c1CC1[C@H]4c5c(cc(C)c(OC)c5OCOCCOC)C[C@@H]([C@H](C#N)N1[C@H]3CNC(=O)[C@H](CSCC1c3ccccc3-c3ccccc31)NC(=O)OC(C)(C)C)N4C)OCO2.COCCOCOc1c(OC)c(C)cc2c1[C@@H]1C3Cc4c(O)c(C)c5c(c4[C@H](CNC(=O)[C@H](CSCC4c6ccccc6-c6ccccc64)NC(=O)OC(C)(C)C)N3[C@@H](C#N)[C@H](C2)N1C)OCO5. The van der Waals surface area contributed by atoms with Gasteiger partial charge in [-0.1, -0.05) is 122 Å². The minimum atomic E-state index is -0.982. The molecule has 0 radical (unpaired) electrons. The number of rotatable bonds is 33. The molecule has 139 heavy (non-hydrogen) atoms. The molecule has 32 heteroatoms. The number of amides is 4. The third-order valence-corrected chi connectivity index (χ3v) is 30.6. The Bertz CT molecular complexity index is 5980. The maximum absolute atomic E-state index is 14.9. The summed E-state index contributed by atoms with van der Waals surface area (Å²) < 4.78 is 89.9. The van der Waals surface area contributed by atoms with Crippen molar-refractivity contribution in [3.05, 3.63) is 211 Å². The Labute approximate surface area is 821 Å². The molecule has 12 atom stereocenters. The third-order valence-electron chi connectivity index (χ3n) is 28.3. The van der Waals surface area contributed by atoms with Crippen molar-refractivity contribution < 1.29 is 95.3 Å². The number of methoxy groups -OCH3 is 4. The molecule has 5 N–H and O–H groups in total. The number of aryl methyl sites for hydroxylation is 2. The fourth-order valence-corrected chi connectivity index (χ4v) is 25.0. The normalized spacial score (nSPS) is 21.3. The smallest absolute Gasteiger partial charge is 0.408 e. The van der Waals surface area contributed by atoms with E-state index in [2.05, 4.69) is 176 Å². The molecule has 8 heterocycles.